The summed E-state index contributed by atoms with van der Waals surface area (Å²) in [7, 11) is 0. The molecule has 0 amide bonds. The summed E-state index contributed by atoms with van der Waals surface area (Å²) in [6.07, 6.45) is 4.86. The first kappa shape index (κ1) is 13.7. The molecule has 2 aliphatic heterocycles. The smallest absolute Gasteiger partial charge is 0.0569 e. The molecule has 0 radical (unpaired) electrons. The number of nitrogens with one attached hydrogen (secondary N) is 1. The van der Waals surface area contributed by atoms with E-state index in [2.05, 4.69) is 41.1 Å². The Labute approximate surface area is 131 Å². The van der Waals surface area contributed by atoms with Crippen LogP contribution in [0.15, 0.2) is 24.3 Å². The summed E-state index contributed by atoms with van der Waals surface area (Å²) in [4.78, 5) is 6.41. The van der Waals surface area contributed by atoms with Gasteiger partial charge in [0, 0.05) is 34.4 Å². The summed E-state index contributed by atoms with van der Waals surface area (Å²) in [6.45, 7) is 4.71. The first-order valence-electron chi connectivity index (χ1n) is 8.18. The summed E-state index contributed by atoms with van der Waals surface area (Å²) in [5, 5.41) is 1.41. The topological polar surface area (TPSA) is 19.0 Å². The fourth-order valence-electron chi connectivity index (χ4n) is 4.60. The maximum atomic E-state index is 6.48. The molecule has 2 atom stereocenters. The number of aromatic amines is 1. The molecule has 0 bridgehead atoms. The number of benzene rings is 1. The minimum Gasteiger partial charge on any atom is -0.357 e. The zero-order chi connectivity index (χ0) is 14.4. The van der Waals surface area contributed by atoms with Gasteiger partial charge in [-0.05, 0) is 43.9 Å². The van der Waals surface area contributed by atoms with E-state index in [1.165, 1.54) is 48.1 Å². The van der Waals surface area contributed by atoms with Crippen LogP contribution >= 0.6 is 11.6 Å². The van der Waals surface area contributed by atoms with Crippen LogP contribution in [0.4, 0.5) is 0 Å². The molecule has 0 spiro atoms. The monoisotopic (exact) mass is 302 g/mol. The van der Waals surface area contributed by atoms with Crippen molar-refractivity contribution in [3.05, 3.63) is 35.5 Å². The molecule has 3 heteroatoms. The number of alkyl halides is 1. The highest BCUT2D eigenvalue weighted by atomic mass is 35.5. The maximum absolute atomic E-state index is 6.48. The number of halogens is 1. The van der Waals surface area contributed by atoms with Gasteiger partial charge in [-0.25, -0.2) is 0 Å². The fraction of sp³-hybridized carbons (Fsp3) is 0.556. The number of fused-ring (bicyclic) bond motifs is 5. The molecule has 4 rings (SSSR count). The average Bonchev–Trinajstić information content (AvgIpc) is 2.92. The lowest BCUT2D eigenvalue weighted by molar-refractivity contribution is 0.0142. The van der Waals surface area contributed by atoms with Gasteiger partial charge in [0.1, 0.15) is 0 Å². The summed E-state index contributed by atoms with van der Waals surface area (Å²) in [5.74, 6) is 0.763. The minimum atomic E-state index is 0.232. The first-order chi connectivity index (χ1) is 10.3. The molecule has 3 heterocycles. The van der Waals surface area contributed by atoms with Gasteiger partial charge in [0.25, 0.3) is 0 Å². The highest BCUT2D eigenvalue weighted by Crippen LogP contribution is 2.51. The summed E-state index contributed by atoms with van der Waals surface area (Å²) in [5.41, 5.74) is 4.51. The molecule has 1 aromatic carbocycles. The lowest BCUT2D eigenvalue weighted by Gasteiger charge is -2.51. The molecule has 1 saturated heterocycles. The normalized spacial score (nSPS) is 29.3. The maximum Gasteiger partial charge on any atom is 0.0569 e. The number of nitrogens with zero attached hydrogens (tertiary/aromatic N) is 1. The van der Waals surface area contributed by atoms with Crippen LogP contribution in [0.2, 0.25) is 0 Å². The van der Waals surface area contributed by atoms with Crippen molar-refractivity contribution in [1.29, 1.82) is 0 Å². The van der Waals surface area contributed by atoms with Gasteiger partial charge < -0.3 is 4.98 Å². The van der Waals surface area contributed by atoms with Crippen LogP contribution in [-0.4, -0.2) is 28.9 Å². The van der Waals surface area contributed by atoms with Gasteiger partial charge in [0.15, 0.2) is 0 Å². The van der Waals surface area contributed by atoms with Crippen molar-refractivity contribution in [3.8, 4) is 0 Å². The Balaban J connectivity index is 1.91. The van der Waals surface area contributed by atoms with E-state index in [9.17, 15) is 0 Å². The van der Waals surface area contributed by atoms with Gasteiger partial charge in [0.05, 0.1) is 6.04 Å². The molecule has 0 aliphatic carbocycles. The molecule has 21 heavy (non-hydrogen) atoms. The van der Waals surface area contributed by atoms with Crippen molar-refractivity contribution in [3.63, 3.8) is 0 Å². The van der Waals surface area contributed by atoms with E-state index in [1.54, 1.807) is 0 Å². The van der Waals surface area contributed by atoms with Crippen molar-refractivity contribution >= 4 is 22.5 Å². The van der Waals surface area contributed by atoms with Gasteiger partial charge in [-0.3, -0.25) is 4.90 Å². The predicted molar refractivity (Wildman–Crippen MR) is 89.0 cm³/mol. The van der Waals surface area contributed by atoms with Gasteiger partial charge in [-0.2, -0.15) is 0 Å². The number of hydrogen-bond acceptors (Lipinski definition) is 1. The van der Waals surface area contributed by atoms with Crippen molar-refractivity contribution in [2.75, 3.05) is 19.0 Å². The Morgan fingerprint density at radius 1 is 1.33 bits per heavy atom. The predicted octanol–water partition coefficient (Wildman–Crippen LogP) is 4.50. The van der Waals surface area contributed by atoms with Gasteiger partial charge in [0.2, 0.25) is 0 Å². The fourth-order valence-corrected chi connectivity index (χ4v) is 5.07. The van der Waals surface area contributed by atoms with Gasteiger partial charge >= 0.3 is 0 Å². The molecule has 2 aliphatic rings. The van der Waals surface area contributed by atoms with Crippen molar-refractivity contribution < 1.29 is 0 Å². The molecule has 1 N–H and O–H groups in total. The van der Waals surface area contributed by atoms with Crippen LogP contribution < -0.4 is 0 Å². The summed E-state index contributed by atoms with van der Waals surface area (Å²) >= 11 is 6.48. The summed E-state index contributed by atoms with van der Waals surface area (Å²) in [6, 6.07) is 9.22. The van der Waals surface area contributed by atoms with Crippen molar-refractivity contribution in [1.82, 2.24) is 9.88 Å². The number of piperidine rings is 1. The first-order valence-corrected chi connectivity index (χ1v) is 8.72. The largest absolute Gasteiger partial charge is 0.357 e. The Kier molecular flexibility index (Phi) is 3.27. The zero-order valence-electron chi connectivity index (χ0n) is 12.7. The highest BCUT2D eigenvalue weighted by Gasteiger charge is 2.46. The second kappa shape index (κ2) is 5.03. The molecule has 1 fully saturated rings. The quantitative estimate of drug-likeness (QED) is 0.810. The second-order valence-corrected chi connectivity index (χ2v) is 6.97. The Morgan fingerprint density at radius 2 is 2.19 bits per heavy atom. The van der Waals surface area contributed by atoms with E-state index in [4.69, 9.17) is 11.6 Å². The number of para-hydroxylation sites is 1. The minimum absolute atomic E-state index is 0.232. The third-order valence-electron chi connectivity index (χ3n) is 5.80. The van der Waals surface area contributed by atoms with Crippen molar-refractivity contribution in [2.24, 2.45) is 5.41 Å². The van der Waals surface area contributed by atoms with E-state index >= 15 is 0 Å². The number of H-pyrrole nitrogens is 1. The Bertz CT molecular complexity index is 656. The van der Waals surface area contributed by atoms with Gasteiger partial charge in [-0.15, -0.1) is 11.6 Å². The average molecular weight is 303 g/mol. The lowest BCUT2D eigenvalue weighted by Crippen LogP contribution is -2.50. The molecule has 112 valence electrons. The van der Waals surface area contributed by atoms with Crippen LogP contribution in [0.1, 0.15) is 43.5 Å². The van der Waals surface area contributed by atoms with E-state index in [-0.39, 0.29) is 5.41 Å². The number of aromatic nitrogens is 1. The van der Waals surface area contributed by atoms with Crippen LogP contribution in [0.25, 0.3) is 10.9 Å². The van der Waals surface area contributed by atoms with Crippen LogP contribution in [-0.2, 0) is 6.42 Å². The van der Waals surface area contributed by atoms with Crippen molar-refractivity contribution in [2.45, 2.75) is 38.6 Å². The zero-order valence-corrected chi connectivity index (χ0v) is 13.4. The lowest BCUT2D eigenvalue weighted by atomic mass is 9.69. The van der Waals surface area contributed by atoms with E-state index in [0.717, 1.165) is 18.7 Å². The molecule has 0 saturated carbocycles. The van der Waals surface area contributed by atoms with Crippen LogP contribution in [0, 0.1) is 5.41 Å². The Morgan fingerprint density at radius 3 is 3.00 bits per heavy atom. The standard InChI is InChI=1S/C18H23ClN2/c1-2-18(12-19)9-5-10-21-11-8-14-13-6-3-4-7-15(13)20-16(14)17(18)21/h3-4,6-7,17,20H,2,5,8-12H2,1H3/t17-,18-/m0/s1. The molecule has 2 aromatic rings. The van der Waals surface area contributed by atoms with E-state index < -0.39 is 0 Å². The van der Waals surface area contributed by atoms with E-state index in [0.29, 0.717) is 6.04 Å². The third kappa shape index (κ3) is 1.89. The molecule has 0 unspecified atom stereocenters. The second-order valence-electron chi connectivity index (χ2n) is 6.70. The molecule has 2 nitrogen and oxygen atoms in total. The van der Waals surface area contributed by atoms with Gasteiger partial charge in [-0.1, -0.05) is 25.1 Å². The molecular formula is C18H23ClN2. The van der Waals surface area contributed by atoms with E-state index in [1.807, 2.05) is 0 Å². The van der Waals surface area contributed by atoms with Crippen LogP contribution in [0.3, 0.4) is 0 Å². The SMILES string of the molecule is CC[C@@]1(CCl)CCCN2CCc3c([nH]c4ccccc34)[C@H]21. The number of rotatable bonds is 2. The Hall–Kier alpha value is -0.990. The van der Waals surface area contributed by atoms with Crippen LogP contribution in [0.5, 0.6) is 0 Å². The summed E-state index contributed by atoms with van der Waals surface area (Å²) < 4.78 is 0. The molecule has 1 aromatic heterocycles. The highest BCUT2D eigenvalue weighted by molar-refractivity contribution is 6.18. The molecular weight excluding hydrogens is 280 g/mol. The number of hydrogen-bond donors (Lipinski definition) is 1. The third-order valence-corrected chi connectivity index (χ3v) is 6.34.